The zero-order valence-corrected chi connectivity index (χ0v) is 18.0. The van der Waals surface area contributed by atoms with Gasteiger partial charge in [-0.3, -0.25) is 9.10 Å². The summed E-state index contributed by atoms with van der Waals surface area (Å²) in [5.41, 5.74) is 1.52. The minimum absolute atomic E-state index is 0.152. The molecule has 0 unspecified atom stereocenters. The summed E-state index contributed by atoms with van der Waals surface area (Å²) in [5, 5.41) is 2.78. The summed E-state index contributed by atoms with van der Waals surface area (Å²) in [6, 6.07) is 19.1. The first kappa shape index (κ1) is 22.3. The van der Waals surface area contributed by atoms with Crippen molar-refractivity contribution >= 4 is 27.3 Å². The molecule has 31 heavy (non-hydrogen) atoms. The second-order valence-corrected chi connectivity index (χ2v) is 8.73. The predicted molar refractivity (Wildman–Crippen MR) is 119 cm³/mol. The molecule has 1 N–H and O–H groups in total. The number of hydrogen-bond acceptors (Lipinski definition) is 4. The van der Waals surface area contributed by atoms with Crippen LogP contribution >= 0.6 is 0 Å². The highest BCUT2D eigenvalue weighted by molar-refractivity contribution is 7.92. The molecule has 3 aromatic carbocycles. The number of anilines is 2. The number of nitrogens with one attached hydrogen (secondary N) is 1. The van der Waals surface area contributed by atoms with E-state index in [1.165, 1.54) is 36.4 Å². The van der Waals surface area contributed by atoms with Gasteiger partial charge in [0.05, 0.1) is 25.1 Å². The number of carbonyl (C=O) groups excluding carboxylic acids is 1. The normalized spacial score (nSPS) is 11.1. The maximum atomic E-state index is 14.0. The van der Waals surface area contributed by atoms with Crippen molar-refractivity contribution in [3.05, 3.63) is 89.7 Å². The maximum absolute atomic E-state index is 14.0. The number of ether oxygens (including phenoxy) is 1. The molecule has 162 valence electrons. The number of amides is 1. The first-order chi connectivity index (χ1) is 14.8. The number of benzene rings is 3. The average molecular weight is 443 g/mol. The third-order valence-electron chi connectivity index (χ3n) is 4.49. The lowest BCUT2D eigenvalue weighted by atomic mass is 10.1. The Bertz CT molecular complexity index is 1160. The SMILES string of the molecule is CCOc1cccc(NC(=O)c2ccc(N(Cc3ccccc3F)S(C)(=O)=O)cc2)c1. The van der Waals surface area contributed by atoms with Crippen molar-refractivity contribution in [1.82, 2.24) is 0 Å². The molecule has 0 aliphatic heterocycles. The van der Waals surface area contributed by atoms with Crippen molar-refractivity contribution in [2.75, 3.05) is 22.5 Å². The lowest BCUT2D eigenvalue weighted by Crippen LogP contribution is -2.29. The Morgan fingerprint density at radius 1 is 1.03 bits per heavy atom. The van der Waals surface area contributed by atoms with Crippen LogP contribution in [0.25, 0.3) is 0 Å². The van der Waals surface area contributed by atoms with Gasteiger partial charge in [0.25, 0.3) is 5.91 Å². The fourth-order valence-electron chi connectivity index (χ4n) is 2.99. The van der Waals surface area contributed by atoms with Gasteiger partial charge in [-0.1, -0.05) is 24.3 Å². The Labute approximate surface area is 181 Å². The molecule has 0 atom stereocenters. The van der Waals surface area contributed by atoms with Crippen molar-refractivity contribution in [2.24, 2.45) is 0 Å². The van der Waals surface area contributed by atoms with Gasteiger partial charge < -0.3 is 10.1 Å². The molecular formula is C23H23FN2O4S. The third kappa shape index (κ3) is 5.82. The summed E-state index contributed by atoms with van der Waals surface area (Å²) in [4.78, 5) is 12.6. The van der Waals surface area contributed by atoms with Crippen LogP contribution in [0.3, 0.4) is 0 Å². The molecule has 0 aliphatic carbocycles. The molecule has 3 aromatic rings. The van der Waals surface area contributed by atoms with E-state index in [0.29, 0.717) is 29.3 Å². The number of nitrogens with zero attached hydrogens (tertiary/aromatic N) is 1. The molecule has 8 heteroatoms. The van der Waals surface area contributed by atoms with E-state index < -0.39 is 15.8 Å². The smallest absolute Gasteiger partial charge is 0.255 e. The van der Waals surface area contributed by atoms with E-state index in [0.717, 1.165) is 10.6 Å². The van der Waals surface area contributed by atoms with Crippen LogP contribution in [0.4, 0.5) is 15.8 Å². The average Bonchev–Trinajstić information content (AvgIpc) is 2.73. The minimum atomic E-state index is -3.67. The summed E-state index contributed by atoms with van der Waals surface area (Å²) in [7, 11) is -3.67. The number of halogens is 1. The second-order valence-electron chi connectivity index (χ2n) is 6.82. The van der Waals surface area contributed by atoms with E-state index in [4.69, 9.17) is 4.74 Å². The van der Waals surface area contributed by atoms with Gasteiger partial charge in [0, 0.05) is 22.9 Å². The Morgan fingerprint density at radius 2 is 1.74 bits per heavy atom. The summed E-state index contributed by atoms with van der Waals surface area (Å²) >= 11 is 0. The molecule has 0 aliphatic rings. The van der Waals surface area contributed by atoms with Crippen molar-refractivity contribution in [3.8, 4) is 5.75 Å². The summed E-state index contributed by atoms with van der Waals surface area (Å²) in [6.07, 6.45) is 1.06. The number of sulfonamides is 1. The summed E-state index contributed by atoms with van der Waals surface area (Å²) < 4.78 is 45.2. The first-order valence-electron chi connectivity index (χ1n) is 9.63. The number of hydrogen-bond donors (Lipinski definition) is 1. The molecule has 0 radical (unpaired) electrons. The molecule has 0 saturated heterocycles. The van der Waals surface area contributed by atoms with Crippen LogP contribution in [-0.2, 0) is 16.6 Å². The van der Waals surface area contributed by atoms with E-state index >= 15 is 0 Å². The molecule has 3 rings (SSSR count). The fourth-order valence-corrected chi connectivity index (χ4v) is 3.87. The Morgan fingerprint density at radius 3 is 2.39 bits per heavy atom. The zero-order valence-electron chi connectivity index (χ0n) is 17.2. The first-order valence-corrected chi connectivity index (χ1v) is 11.5. The van der Waals surface area contributed by atoms with E-state index in [9.17, 15) is 17.6 Å². The number of rotatable bonds is 8. The van der Waals surface area contributed by atoms with E-state index in [1.807, 2.05) is 6.92 Å². The van der Waals surface area contributed by atoms with Gasteiger partial charge in [0.1, 0.15) is 11.6 Å². The van der Waals surface area contributed by atoms with Gasteiger partial charge in [0.15, 0.2) is 0 Å². The lowest BCUT2D eigenvalue weighted by molar-refractivity contribution is 0.102. The van der Waals surface area contributed by atoms with Crippen molar-refractivity contribution in [3.63, 3.8) is 0 Å². The van der Waals surface area contributed by atoms with Crippen LogP contribution in [0.2, 0.25) is 0 Å². The molecule has 0 aromatic heterocycles. The monoisotopic (exact) mass is 442 g/mol. The van der Waals surface area contributed by atoms with Crippen LogP contribution in [0.5, 0.6) is 5.75 Å². The largest absolute Gasteiger partial charge is 0.494 e. The van der Waals surface area contributed by atoms with Crippen molar-refractivity contribution < 1.29 is 22.3 Å². The molecule has 1 amide bonds. The molecule has 0 heterocycles. The Kier molecular flexibility index (Phi) is 6.91. The quantitative estimate of drug-likeness (QED) is 0.560. The standard InChI is InChI=1S/C23H23FN2O4S/c1-3-30-21-9-6-8-19(15-21)25-23(27)17-11-13-20(14-12-17)26(31(2,28)29)16-18-7-4-5-10-22(18)24/h4-15H,3,16H2,1-2H3,(H,25,27). The Hall–Kier alpha value is -3.39. The van der Waals surface area contributed by atoms with Crippen LogP contribution in [-0.4, -0.2) is 27.2 Å². The third-order valence-corrected chi connectivity index (χ3v) is 5.63. The highest BCUT2D eigenvalue weighted by Crippen LogP contribution is 2.23. The van der Waals surface area contributed by atoms with Gasteiger partial charge in [0.2, 0.25) is 10.0 Å². The van der Waals surface area contributed by atoms with E-state index in [1.54, 1.807) is 36.4 Å². The molecule has 0 saturated carbocycles. The molecule has 0 spiro atoms. The Balaban J connectivity index is 1.79. The molecule has 0 bridgehead atoms. The molecule has 0 fully saturated rings. The highest BCUT2D eigenvalue weighted by Gasteiger charge is 2.20. The number of carbonyl (C=O) groups is 1. The van der Waals surface area contributed by atoms with Crippen LogP contribution in [0, 0.1) is 5.82 Å². The van der Waals surface area contributed by atoms with Gasteiger partial charge in [-0.25, -0.2) is 12.8 Å². The minimum Gasteiger partial charge on any atom is -0.494 e. The van der Waals surface area contributed by atoms with E-state index in [2.05, 4.69) is 5.32 Å². The van der Waals surface area contributed by atoms with Crippen LogP contribution < -0.4 is 14.4 Å². The zero-order chi connectivity index (χ0) is 22.4. The van der Waals surface area contributed by atoms with Crippen LogP contribution in [0.1, 0.15) is 22.8 Å². The predicted octanol–water partition coefficient (Wildman–Crippen LogP) is 4.44. The van der Waals surface area contributed by atoms with Gasteiger partial charge in [-0.2, -0.15) is 0 Å². The van der Waals surface area contributed by atoms with Gasteiger partial charge in [-0.05, 0) is 49.4 Å². The molecule has 6 nitrogen and oxygen atoms in total. The lowest BCUT2D eigenvalue weighted by Gasteiger charge is -2.23. The van der Waals surface area contributed by atoms with E-state index in [-0.39, 0.29) is 18.0 Å². The van der Waals surface area contributed by atoms with Crippen molar-refractivity contribution in [1.29, 1.82) is 0 Å². The summed E-state index contributed by atoms with van der Waals surface area (Å²) in [5.74, 6) is -0.186. The topological polar surface area (TPSA) is 75.7 Å². The molecular weight excluding hydrogens is 419 g/mol. The summed E-state index contributed by atoms with van der Waals surface area (Å²) in [6.45, 7) is 2.24. The fraction of sp³-hybridized carbons (Fsp3) is 0.174. The van der Waals surface area contributed by atoms with Crippen LogP contribution in [0.15, 0.2) is 72.8 Å². The van der Waals surface area contributed by atoms with Gasteiger partial charge in [-0.15, -0.1) is 0 Å². The second kappa shape index (κ2) is 9.61. The van der Waals surface area contributed by atoms with Crippen molar-refractivity contribution in [2.45, 2.75) is 13.5 Å². The highest BCUT2D eigenvalue weighted by atomic mass is 32.2. The van der Waals surface area contributed by atoms with Gasteiger partial charge >= 0.3 is 0 Å². The maximum Gasteiger partial charge on any atom is 0.255 e.